The lowest BCUT2D eigenvalue weighted by molar-refractivity contribution is -0.149. The highest BCUT2D eigenvalue weighted by molar-refractivity contribution is 6.30. The van der Waals surface area contributed by atoms with Crippen molar-refractivity contribution < 1.29 is 18.7 Å². The summed E-state index contributed by atoms with van der Waals surface area (Å²) in [6.07, 6.45) is -0.204. The fourth-order valence-corrected chi connectivity index (χ4v) is 2.94. The van der Waals surface area contributed by atoms with Gasteiger partial charge in [-0.05, 0) is 56.2 Å². The van der Waals surface area contributed by atoms with Crippen molar-refractivity contribution in [3.8, 4) is 16.9 Å². The molecular weight excluding hydrogens is 368 g/mol. The van der Waals surface area contributed by atoms with Crippen LogP contribution in [-0.4, -0.2) is 18.7 Å². The Kier molecular flexibility index (Phi) is 5.51. The Bertz CT molecular complexity index is 1030. The Morgan fingerprint density at radius 1 is 1.15 bits per heavy atom. The van der Waals surface area contributed by atoms with Crippen LogP contribution < -0.4 is 10.4 Å². The maximum absolute atomic E-state index is 12.5. The standard InChI is InChI=1S/C21H19ClO5/c1-12(2)26-19(23)11-25-16-8-9-17-13(3)20(21(24)27-18(17)10-16)14-4-6-15(22)7-5-14/h4-10,12H,11H2,1-3H3. The SMILES string of the molecule is Cc1c(-c2ccc(Cl)cc2)c(=O)oc2cc(OCC(=O)OC(C)C)ccc12. The third kappa shape index (κ3) is 4.31. The van der Waals surface area contributed by atoms with Gasteiger partial charge in [0, 0.05) is 16.5 Å². The molecular formula is C21H19ClO5. The highest BCUT2D eigenvalue weighted by atomic mass is 35.5. The van der Waals surface area contributed by atoms with E-state index in [1.165, 1.54) is 0 Å². The number of benzene rings is 2. The lowest BCUT2D eigenvalue weighted by Crippen LogP contribution is -2.18. The van der Waals surface area contributed by atoms with E-state index in [-0.39, 0.29) is 12.7 Å². The number of fused-ring (bicyclic) bond motifs is 1. The van der Waals surface area contributed by atoms with E-state index < -0.39 is 11.6 Å². The molecule has 140 valence electrons. The predicted octanol–water partition coefficient (Wildman–Crippen LogP) is 4.75. The summed E-state index contributed by atoms with van der Waals surface area (Å²) in [7, 11) is 0. The first-order chi connectivity index (χ1) is 12.8. The van der Waals surface area contributed by atoms with Crippen LogP contribution in [0.5, 0.6) is 5.75 Å². The minimum atomic E-state index is -0.458. The van der Waals surface area contributed by atoms with E-state index in [4.69, 9.17) is 25.5 Å². The summed E-state index contributed by atoms with van der Waals surface area (Å²) < 4.78 is 15.9. The molecule has 0 atom stereocenters. The van der Waals surface area contributed by atoms with Crippen LogP contribution in [0, 0.1) is 6.92 Å². The zero-order valence-electron chi connectivity index (χ0n) is 15.2. The molecule has 0 spiro atoms. The van der Waals surface area contributed by atoms with E-state index in [0.717, 1.165) is 16.5 Å². The number of hydrogen-bond donors (Lipinski definition) is 0. The molecule has 0 N–H and O–H groups in total. The lowest BCUT2D eigenvalue weighted by atomic mass is 10.00. The van der Waals surface area contributed by atoms with E-state index in [1.807, 2.05) is 6.92 Å². The molecule has 0 amide bonds. The van der Waals surface area contributed by atoms with Gasteiger partial charge in [0.1, 0.15) is 11.3 Å². The first-order valence-electron chi connectivity index (χ1n) is 8.51. The van der Waals surface area contributed by atoms with Crippen molar-refractivity contribution in [1.82, 2.24) is 0 Å². The molecule has 0 bridgehead atoms. The average molecular weight is 387 g/mol. The second-order valence-corrected chi connectivity index (χ2v) is 6.82. The highest BCUT2D eigenvalue weighted by Gasteiger charge is 2.14. The van der Waals surface area contributed by atoms with Gasteiger partial charge >= 0.3 is 11.6 Å². The Morgan fingerprint density at radius 2 is 1.85 bits per heavy atom. The molecule has 0 aliphatic rings. The lowest BCUT2D eigenvalue weighted by Gasteiger charge is -2.11. The highest BCUT2D eigenvalue weighted by Crippen LogP contribution is 2.29. The van der Waals surface area contributed by atoms with Crippen molar-refractivity contribution >= 4 is 28.5 Å². The van der Waals surface area contributed by atoms with Crippen molar-refractivity contribution in [2.75, 3.05) is 6.61 Å². The second kappa shape index (κ2) is 7.84. The largest absolute Gasteiger partial charge is 0.482 e. The van der Waals surface area contributed by atoms with Gasteiger partial charge in [0.25, 0.3) is 0 Å². The molecule has 0 radical (unpaired) electrons. The zero-order valence-corrected chi connectivity index (χ0v) is 16.0. The summed E-state index contributed by atoms with van der Waals surface area (Å²) in [6.45, 7) is 5.19. The van der Waals surface area contributed by atoms with Crippen molar-refractivity contribution in [1.29, 1.82) is 0 Å². The number of carbonyl (C=O) groups excluding carboxylic acids is 1. The van der Waals surface area contributed by atoms with Crippen LogP contribution in [0.1, 0.15) is 19.4 Å². The third-order valence-electron chi connectivity index (χ3n) is 4.00. The van der Waals surface area contributed by atoms with E-state index in [9.17, 15) is 9.59 Å². The van der Waals surface area contributed by atoms with Gasteiger partial charge in [-0.2, -0.15) is 0 Å². The van der Waals surface area contributed by atoms with Gasteiger partial charge in [-0.3, -0.25) is 0 Å². The van der Waals surface area contributed by atoms with Crippen LogP contribution in [0.2, 0.25) is 5.02 Å². The Hall–Kier alpha value is -2.79. The minimum Gasteiger partial charge on any atom is -0.482 e. The smallest absolute Gasteiger partial charge is 0.344 e. The quantitative estimate of drug-likeness (QED) is 0.467. The summed E-state index contributed by atoms with van der Waals surface area (Å²) in [4.78, 5) is 24.1. The first kappa shape index (κ1) is 19.0. The van der Waals surface area contributed by atoms with E-state index in [2.05, 4.69) is 0 Å². The van der Waals surface area contributed by atoms with E-state index >= 15 is 0 Å². The second-order valence-electron chi connectivity index (χ2n) is 6.38. The number of carbonyl (C=O) groups is 1. The number of halogens is 1. The fraction of sp³-hybridized carbons (Fsp3) is 0.238. The van der Waals surface area contributed by atoms with Gasteiger partial charge in [0.15, 0.2) is 6.61 Å². The van der Waals surface area contributed by atoms with Gasteiger partial charge in [-0.15, -0.1) is 0 Å². The van der Waals surface area contributed by atoms with Crippen LogP contribution in [0.3, 0.4) is 0 Å². The van der Waals surface area contributed by atoms with Gasteiger partial charge in [-0.25, -0.2) is 9.59 Å². The summed E-state index contributed by atoms with van der Waals surface area (Å²) >= 11 is 5.92. The predicted molar refractivity (Wildman–Crippen MR) is 104 cm³/mol. The van der Waals surface area contributed by atoms with Gasteiger partial charge in [0.05, 0.1) is 11.7 Å². The number of aryl methyl sites for hydroxylation is 1. The van der Waals surface area contributed by atoms with Crippen LogP contribution in [0.4, 0.5) is 0 Å². The van der Waals surface area contributed by atoms with Crippen molar-refractivity contribution in [2.45, 2.75) is 26.9 Å². The molecule has 0 aliphatic heterocycles. The molecule has 6 heteroatoms. The van der Waals surface area contributed by atoms with Crippen molar-refractivity contribution in [3.63, 3.8) is 0 Å². The summed E-state index contributed by atoms with van der Waals surface area (Å²) in [5, 5.41) is 1.39. The van der Waals surface area contributed by atoms with E-state index in [0.29, 0.717) is 21.9 Å². The molecule has 1 heterocycles. The Labute approximate surface area is 161 Å². The summed E-state index contributed by atoms with van der Waals surface area (Å²) in [5.74, 6) is -0.0363. The molecule has 5 nitrogen and oxygen atoms in total. The Morgan fingerprint density at radius 3 is 2.52 bits per heavy atom. The number of ether oxygens (including phenoxy) is 2. The molecule has 3 aromatic rings. The van der Waals surface area contributed by atoms with Gasteiger partial charge in [-0.1, -0.05) is 23.7 Å². The van der Waals surface area contributed by atoms with Crippen LogP contribution in [-0.2, 0) is 9.53 Å². The van der Waals surface area contributed by atoms with Gasteiger partial charge < -0.3 is 13.9 Å². The third-order valence-corrected chi connectivity index (χ3v) is 4.25. The average Bonchev–Trinajstić information content (AvgIpc) is 2.60. The summed E-state index contributed by atoms with van der Waals surface area (Å²) in [5.41, 5.74) is 1.98. The molecule has 0 aliphatic carbocycles. The van der Waals surface area contributed by atoms with E-state index in [1.54, 1.807) is 56.3 Å². The molecule has 0 unspecified atom stereocenters. The normalized spacial score (nSPS) is 11.0. The molecule has 0 saturated carbocycles. The van der Waals surface area contributed by atoms with Crippen LogP contribution in [0.25, 0.3) is 22.1 Å². The maximum Gasteiger partial charge on any atom is 0.344 e. The van der Waals surface area contributed by atoms with Gasteiger partial charge in [0.2, 0.25) is 0 Å². The summed E-state index contributed by atoms with van der Waals surface area (Å²) in [6, 6.07) is 12.1. The number of esters is 1. The van der Waals surface area contributed by atoms with Crippen LogP contribution >= 0.6 is 11.6 Å². The molecule has 1 aromatic heterocycles. The molecule has 2 aromatic carbocycles. The number of hydrogen-bond acceptors (Lipinski definition) is 5. The minimum absolute atomic E-state index is 0.204. The van der Waals surface area contributed by atoms with Crippen LogP contribution in [0.15, 0.2) is 51.7 Å². The molecule has 3 rings (SSSR count). The van der Waals surface area contributed by atoms with Crippen molar-refractivity contribution in [3.05, 3.63) is 63.5 Å². The maximum atomic E-state index is 12.5. The number of rotatable bonds is 5. The topological polar surface area (TPSA) is 65.7 Å². The molecule has 0 saturated heterocycles. The fourth-order valence-electron chi connectivity index (χ4n) is 2.82. The van der Waals surface area contributed by atoms with Crippen molar-refractivity contribution in [2.24, 2.45) is 0 Å². The zero-order chi connectivity index (χ0) is 19.6. The monoisotopic (exact) mass is 386 g/mol. The molecule has 0 fully saturated rings. The molecule has 27 heavy (non-hydrogen) atoms. The first-order valence-corrected chi connectivity index (χ1v) is 8.88. The Balaban J connectivity index is 1.93.